The molecule has 7 heteroatoms. The maximum atomic E-state index is 13.5. The van der Waals surface area contributed by atoms with Crippen molar-refractivity contribution in [3.63, 3.8) is 0 Å². The van der Waals surface area contributed by atoms with Crippen LogP contribution in [0.5, 0.6) is 0 Å². The summed E-state index contributed by atoms with van der Waals surface area (Å²) in [5.74, 6) is -0.943. The molecular formula is C14H19FN2O4. The van der Waals surface area contributed by atoms with Crippen molar-refractivity contribution >= 4 is 17.7 Å². The number of para-hydroxylation sites is 1. The summed E-state index contributed by atoms with van der Waals surface area (Å²) in [6.45, 7) is 0.760. The van der Waals surface area contributed by atoms with Crippen LogP contribution in [0.3, 0.4) is 0 Å². The molecule has 1 aromatic carbocycles. The molecule has 1 rings (SSSR count). The van der Waals surface area contributed by atoms with Crippen LogP contribution in [0.15, 0.2) is 24.3 Å². The van der Waals surface area contributed by atoms with Gasteiger partial charge in [-0.15, -0.1) is 0 Å². The molecule has 1 aromatic rings. The largest absolute Gasteiger partial charge is 0.469 e. The molecule has 0 radical (unpaired) electrons. The lowest BCUT2D eigenvalue weighted by atomic mass is 10.3. The van der Waals surface area contributed by atoms with Crippen LogP contribution >= 0.6 is 0 Å². The summed E-state index contributed by atoms with van der Waals surface area (Å²) in [5.41, 5.74) is 0.0861. The van der Waals surface area contributed by atoms with Gasteiger partial charge in [0.05, 0.1) is 25.8 Å². The highest BCUT2D eigenvalue weighted by atomic mass is 19.1. The average molecular weight is 298 g/mol. The average Bonchev–Trinajstić information content (AvgIpc) is 2.49. The highest BCUT2D eigenvalue weighted by Gasteiger charge is 2.16. The van der Waals surface area contributed by atoms with Crippen LogP contribution in [0.2, 0.25) is 0 Å². The molecule has 0 aliphatic carbocycles. The quantitative estimate of drug-likeness (QED) is 0.780. The van der Waals surface area contributed by atoms with Gasteiger partial charge >= 0.3 is 12.0 Å². The monoisotopic (exact) mass is 298 g/mol. The van der Waals surface area contributed by atoms with Gasteiger partial charge in [0.1, 0.15) is 5.82 Å². The lowest BCUT2D eigenvalue weighted by Gasteiger charge is -2.22. The Labute approximate surface area is 122 Å². The molecule has 116 valence electrons. The number of anilines is 1. The Kier molecular flexibility index (Phi) is 7.17. The third-order valence-corrected chi connectivity index (χ3v) is 2.78. The van der Waals surface area contributed by atoms with E-state index in [4.69, 9.17) is 4.74 Å². The van der Waals surface area contributed by atoms with Gasteiger partial charge in [-0.25, -0.2) is 9.18 Å². The van der Waals surface area contributed by atoms with Gasteiger partial charge in [0.2, 0.25) is 0 Å². The Balaban J connectivity index is 2.65. The predicted octanol–water partition coefficient (Wildman–Crippen LogP) is 1.87. The summed E-state index contributed by atoms with van der Waals surface area (Å²) in [7, 11) is 2.79. The highest BCUT2D eigenvalue weighted by Crippen LogP contribution is 2.13. The number of methoxy groups -OCH3 is 2. The lowest BCUT2D eigenvalue weighted by Crippen LogP contribution is -2.39. The first kappa shape index (κ1) is 16.9. The fourth-order valence-corrected chi connectivity index (χ4v) is 1.60. The molecular weight excluding hydrogens is 279 g/mol. The molecule has 2 amide bonds. The number of benzene rings is 1. The van der Waals surface area contributed by atoms with Crippen LogP contribution in [0.25, 0.3) is 0 Å². The molecule has 0 unspecified atom stereocenters. The number of hydrogen-bond acceptors (Lipinski definition) is 4. The van der Waals surface area contributed by atoms with Gasteiger partial charge in [0.15, 0.2) is 0 Å². The van der Waals surface area contributed by atoms with Crippen LogP contribution < -0.4 is 5.32 Å². The maximum absolute atomic E-state index is 13.5. The molecule has 0 atom stereocenters. The van der Waals surface area contributed by atoms with Gasteiger partial charge in [-0.2, -0.15) is 0 Å². The summed E-state index contributed by atoms with van der Waals surface area (Å²) in [6, 6.07) is 5.37. The molecule has 0 aliphatic rings. The molecule has 0 heterocycles. The second-order valence-corrected chi connectivity index (χ2v) is 4.22. The summed E-state index contributed by atoms with van der Waals surface area (Å²) < 4.78 is 23.0. The SMILES string of the molecule is COCCN(CCC(=O)OC)C(=O)Nc1ccccc1F. The fraction of sp³-hybridized carbons (Fsp3) is 0.429. The molecule has 0 bridgehead atoms. The normalized spacial score (nSPS) is 10.0. The minimum atomic E-state index is -0.523. The van der Waals surface area contributed by atoms with E-state index in [-0.39, 0.29) is 25.2 Å². The zero-order valence-electron chi connectivity index (χ0n) is 12.1. The number of amides is 2. The molecule has 1 N–H and O–H groups in total. The van der Waals surface area contributed by atoms with Gasteiger partial charge in [-0.1, -0.05) is 12.1 Å². The van der Waals surface area contributed by atoms with Crippen LogP contribution in [0, 0.1) is 5.82 Å². The van der Waals surface area contributed by atoms with E-state index in [1.54, 1.807) is 6.07 Å². The number of esters is 1. The van der Waals surface area contributed by atoms with Gasteiger partial charge in [0, 0.05) is 20.2 Å². The molecule has 21 heavy (non-hydrogen) atoms. The molecule has 0 aromatic heterocycles. The Bertz CT molecular complexity index is 482. The van der Waals surface area contributed by atoms with E-state index in [0.29, 0.717) is 6.61 Å². The lowest BCUT2D eigenvalue weighted by molar-refractivity contribution is -0.140. The Morgan fingerprint density at radius 2 is 1.95 bits per heavy atom. The zero-order valence-corrected chi connectivity index (χ0v) is 12.1. The molecule has 6 nitrogen and oxygen atoms in total. The Hall–Kier alpha value is -2.15. The van der Waals surface area contributed by atoms with Crippen molar-refractivity contribution in [2.75, 3.05) is 39.2 Å². The number of ether oxygens (including phenoxy) is 2. The number of hydrogen-bond donors (Lipinski definition) is 1. The van der Waals surface area contributed by atoms with E-state index in [1.165, 1.54) is 37.3 Å². The Morgan fingerprint density at radius 1 is 1.24 bits per heavy atom. The number of carbonyl (C=O) groups excluding carboxylic acids is 2. The number of carbonyl (C=O) groups is 2. The summed E-state index contributed by atoms with van der Waals surface area (Å²) in [4.78, 5) is 24.6. The third-order valence-electron chi connectivity index (χ3n) is 2.78. The maximum Gasteiger partial charge on any atom is 0.322 e. The second-order valence-electron chi connectivity index (χ2n) is 4.22. The number of halogens is 1. The van der Waals surface area contributed by atoms with E-state index in [1.807, 2.05) is 0 Å². The number of nitrogens with zero attached hydrogens (tertiary/aromatic N) is 1. The smallest absolute Gasteiger partial charge is 0.322 e. The second kappa shape index (κ2) is 8.91. The predicted molar refractivity (Wildman–Crippen MR) is 75.5 cm³/mol. The first-order chi connectivity index (χ1) is 10.1. The van der Waals surface area contributed by atoms with Gasteiger partial charge in [0.25, 0.3) is 0 Å². The van der Waals surface area contributed by atoms with Crippen molar-refractivity contribution < 1.29 is 23.5 Å². The minimum absolute atomic E-state index is 0.0604. The van der Waals surface area contributed by atoms with Crippen LogP contribution in [-0.4, -0.2) is 50.8 Å². The first-order valence-electron chi connectivity index (χ1n) is 6.44. The minimum Gasteiger partial charge on any atom is -0.469 e. The van der Waals surface area contributed by atoms with Gasteiger partial charge < -0.3 is 19.7 Å². The fourth-order valence-electron chi connectivity index (χ4n) is 1.60. The molecule has 0 saturated carbocycles. The molecule has 0 aliphatic heterocycles. The standard InChI is InChI=1S/C14H19FN2O4/c1-20-10-9-17(8-7-13(18)21-2)14(19)16-12-6-4-3-5-11(12)15/h3-6H,7-10H2,1-2H3,(H,16,19). The van der Waals surface area contributed by atoms with Crippen LogP contribution in [0.4, 0.5) is 14.9 Å². The third kappa shape index (κ3) is 5.78. The molecule has 0 spiro atoms. The highest BCUT2D eigenvalue weighted by molar-refractivity contribution is 5.89. The van der Waals surface area contributed by atoms with Gasteiger partial charge in [-0.3, -0.25) is 4.79 Å². The van der Waals surface area contributed by atoms with Crippen LogP contribution in [-0.2, 0) is 14.3 Å². The van der Waals surface area contributed by atoms with Crippen molar-refractivity contribution in [1.82, 2.24) is 4.90 Å². The van der Waals surface area contributed by atoms with Crippen molar-refractivity contribution in [3.05, 3.63) is 30.1 Å². The summed E-state index contributed by atoms with van der Waals surface area (Å²) in [5, 5.41) is 2.47. The Morgan fingerprint density at radius 3 is 2.57 bits per heavy atom. The number of nitrogens with one attached hydrogen (secondary N) is 1. The zero-order chi connectivity index (χ0) is 15.7. The molecule has 0 saturated heterocycles. The van der Waals surface area contributed by atoms with Crippen LogP contribution in [0.1, 0.15) is 6.42 Å². The van der Waals surface area contributed by atoms with Crippen molar-refractivity contribution in [2.24, 2.45) is 0 Å². The summed E-state index contributed by atoms with van der Waals surface area (Å²) in [6.07, 6.45) is 0.0604. The topological polar surface area (TPSA) is 67.9 Å². The first-order valence-corrected chi connectivity index (χ1v) is 6.44. The van der Waals surface area contributed by atoms with Gasteiger partial charge in [-0.05, 0) is 12.1 Å². The van der Waals surface area contributed by atoms with E-state index in [9.17, 15) is 14.0 Å². The van der Waals surface area contributed by atoms with E-state index >= 15 is 0 Å². The van der Waals surface area contributed by atoms with Crippen molar-refractivity contribution in [2.45, 2.75) is 6.42 Å². The summed E-state index contributed by atoms with van der Waals surface area (Å²) >= 11 is 0. The van der Waals surface area contributed by atoms with E-state index in [0.717, 1.165) is 0 Å². The van der Waals surface area contributed by atoms with Crippen molar-refractivity contribution in [1.29, 1.82) is 0 Å². The van der Waals surface area contributed by atoms with Crippen molar-refractivity contribution in [3.8, 4) is 0 Å². The number of rotatable bonds is 7. The van der Waals surface area contributed by atoms with E-state index < -0.39 is 17.8 Å². The molecule has 0 fully saturated rings. The number of urea groups is 1. The van der Waals surface area contributed by atoms with E-state index in [2.05, 4.69) is 10.1 Å².